The molecule has 0 spiro atoms. The Morgan fingerprint density at radius 3 is 1.89 bits per heavy atom. The van der Waals surface area contributed by atoms with Crippen molar-refractivity contribution in [3.8, 4) is 0 Å². The highest BCUT2D eigenvalue weighted by Gasteiger charge is 2.51. The first-order valence-corrected chi connectivity index (χ1v) is 13.1. The first-order chi connectivity index (χ1) is 17.9. The summed E-state index contributed by atoms with van der Waals surface area (Å²) < 4.78 is 23.0. The number of carbonyl (C=O) groups is 1. The van der Waals surface area contributed by atoms with E-state index in [1.165, 1.54) is 0 Å². The highest BCUT2D eigenvalue weighted by molar-refractivity contribution is 5.75. The van der Waals surface area contributed by atoms with Crippen molar-refractivity contribution in [1.29, 1.82) is 0 Å². The second-order valence-electron chi connectivity index (χ2n) is 10.3. The average molecular weight is 553 g/mol. The average Bonchev–Trinajstić information content (AvgIpc) is 2.88. The zero-order valence-corrected chi connectivity index (χ0v) is 21.7. The SMILES string of the molecule is CCCC(=O)NCC1O[C@H](O[C@@H]2C(O)C(O[C@H]3OC(CC)[C@@H](O)C(O)C3O)[C@@H](N)C[C@H]2N)C(O)[C@@H](N)[C@@H]1O. The van der Waals surface area contributed by atoms with Crippen LogP contribution >= 0.6 is 0 Å². The largest absolute Gasteiger partial charge is 0.389 e. The third kappa shape index (κ3) is 6.80. The highest BCUT2D eigenvalue weighted by Crippen LogP contribution is 2.31. The van der Waals surface area contributed by atoms with Crippen LogP contribution in [0.5, 0.6) is 0 Å². The molecule has 1 amide bonds. The maximum atomic E-state index is 11.9. The second kappa shape index (κ2) is 13.5. The zero-order chi connectivity index (χ0) is 28.3. The molecule has 7 unspecified atom stereocenters. The number of aliphatic hydroxyl groups excluding tert-OH is 6. The van der Waals surface area contributed by atoms with E-state index >= 15 is 0 Å². The van der Waals surface area contributed by atoms with Crippen LogP contribution in [-0.4, -0.2) is 135 Å². The van der Waals surface area contributed by atoms with E-state index in [1.54, 1.807) is 6.92 Å². The summed E-state index contributed by atoms with van der Waals surface area (Å²) in [5.41, 5.74) is 18.4. The van der Waals surface area contributed by atoms with Crippen molar-refractivity contribution in [1.82, 2.24) is 5.32 Å². The molecule has 0 aromatic rings. The van der Waals surface area contributed by atoms with Gasteiger partial charge in [-0.3, -0.25) is 4.79 Å². The minimum atomic E-state index is -1.62. The van der Waals surface area contributed by atoms with Crippen molar-refractivity contribution in [2.24, 2.45) is 17.2 Å². The molecule has 3 aliphatic rings. The smallest absolute Gasteiger partial charge is 0.220 e. The number of aliphatic hydroxyl groups is 6. The molecule has 0 aromatic carbocycles. The number of rotatable bonds is 9. The van der Waals surface area contributed by atoms with Crippen LogP contribution in [0.2, 0.25) is 0 Å². The lowest BCUT2D eigenvalue weighted by atomic mass is 9.84. The Hall–Kier alpha value is -1.05. The van der Waals surface area contributed by atoms with Gasteiger partial charge in [0.15, 0.2) is 12.6 Å². The lowest BCUT2D eigenvalue weighted by molar-refractivity contribution is -0.332. The van der Waals surface area contributed by atoms with Crippen LogP contribution in [0.15, 0.2) is 0 Å². The van der Waals surface area contributed by atoms with Gasteiger partial charge in [0, 0.05) is 25.0 Å². The molecule has 38 heavy (non-hydrogen) atoms. The van der Waals surface area contributed by atoms with Gasteiger partial charge in [0.1, 0.15) is 48.8 Å². The van der Waals surface area contributed by atoms with E-state index in [1.807, 2.05) is 6.92 Å². The fourth-order valence-corrected chi connectivity index (χ4v) is 5.09. The number of hydrogen-bond acceptors (Lipinski definition) is 14. The van der Waals surface area contributed by atoms with E-state index in [9.17, 15) is 35.4 Å². The van der Waals surface area contributed by atoms with E-state index in [-0.39, 0.29) is 25.3 Å². The predicted octanol–water partition coefficient (Wildman–Crippen LogP) is -4.92. The number of nitrogens with one attached hydrogen (secondary N) is 1. The van der Waals surface area contributed by atoms with Gasteiger partial charge in [-0.15, -0.1) is 0 Å². The molecule has 2 heterocycles. The van der Waals surface area contributed by atoms with Crippen LogP contribution in [0.4, 0.5) is 0 Å². The van der Waals surface area contributed by atoms with Gasteiger partial charge in [0.2, 0.25) is 5.91 Å². The van der Waals surface area contributed by atoms with Gasteiger partial charge in [-0.05, 0) is 19.3 Å². The van der Waals surface area contributed by atoms with Gasteiger partial charge < -0.3 is 72.1 Å². The van der Waals surface area contributed by atoms with Gasteiger partial charge in [-0.2, -0.15) is 0 Å². The normalized spacial score (nSPS) is 48.0. The van der Waals surface area contributed by atoms with E-state index in [0.29, 0.717) is 12.8 Å². The summed E-state index contributed by atoms with van der Waals surface area (Å²) in [7, 11) is 0. The van der Waals surface area contributed by atoms with Crippen molar-refractivity contribution < 1.29 is 54.4 Å². The quantitative estimate of drug-likeness (QED) is 0.128. The number of hydrogen-bond donors (Lipinski definition) is 10. The highest BCUT2D eigenvalue weighted by atomic mass is 16.7. The van der Waals surface area contributed by atoms with Gasteiger partial charge in [0.05, 0.1) is 18.2 Å². The van der Waals surface area contributed by atoms with Crippen molar-refractivity contribution >= 4 is 5.91 Å². The van der Waals surface area contributed by atoms with Crippen LogP contribution in [0.25, 0.3) is 0 Å². The van der Waals surface area contributed by atoms with Crippen LogP contribution in [0.1, 0.15) is 39.5 Å². The first-order valence-electron chi connectivity index (χ1n) is 13.1. The molecule has 15 atom stereocenters. The summed E-state index contributed by atoms with van der Waals surface area (Å²) in [4.78, 5) is 11.9. The maximum absolute atomic E-state index is 11.9. The zero-order valence-electron chi connectivity index (χ0n) is 21.7. The molecule has 3 rings (SSSR count). The minimum Gasteiger partial charge on any atom is -0.389 e. The number of amides is 1. The fraction of sp³-hybridized carbons (Fsp3) is 0.957. The van der Waals surface area contributed by atoms with Crippen LogP contribution in [-0.2, 0) is 23.7 Å². The number of ether oxygens (including phenoxy) is 4. The van der Waals surface area contributed by atoms with E-state index in [2.05, 4.69) is 5.32 Å². The molecule has 0 aromatic heterocycles. The lowest BCUT2D eigenvalue weighted by Crippen LogP contribution is -2.68. The molecule has 15 nitrogen and oxygen atoms in total. The van der Waals surface area contributed by atoms with Gasteiger partial charge in [0.25, 0.3) is 0 Å². The number of nitrogens with two attached hydrogens (primary N) is 3. The number of carbonyl (C=O) groups excluding carboxylic acids is 1. The topological polar surface area (TPSA) is 265 Å². The van der Waals surface area contributed by atoms with Crippen LogP contribution < -0.4 is 22.5 Å². The maximum Gasteiger partial charge on any atom is 0.220 e. The second-order valence-corrected chi connectivity index (χ2v) is 10.3. The summed E-state index contributed by atoms with van der Waals surface area (Å²) >= 11 is 0. The van der Waals surface area contributed by atoms with Crippen molar-refractivity contribution in [2.45, 2.75) is 131 Å². The summed E-state index contributed by atoms with van der Waals surface area (Å²) in [5, 5.41) is 65.5. The monoisotopic (exact) mass is 552 g/mol. The van der Waals surface area contributed by atoms with Crippen molar-refractivity contribution in [2.75, 3.05) is 6.54 Å². The Morgan fingerprint density at radius 1 is 0.789 bits per heavy atom. The Labute approximate surface area is 221 Å². The summed E-state index contributed by atoms with van der Waals surface area (Å²) in [5.74, 6) is -0.241. The van der Waals surface area contributed by atoms with Crippen LogP contribution in [0.3, 0.4) is 0 Å². The van der Waals surface area contributed by atoms with Crippen molar-refractivity contribution in [3.05, 3.63) is 0 Å². The third-order valence-electron chi connectivity index (χ3n) is 7.45. The molecule has 1 saturated carbocycles. The van der Waals surface area contributed by atoms with E-state index in [0.717, 1.165) is 0 Å². The molecular weight excluding hydrogens is 508 g/mol. The molecule has 15 heteroatoms. The summed E-state index contributed by atoms with van der Waals surface area (Å²) in [6.45, 7) is 3.48. The molecule has 2 saturated heterocycles. The summed E-state index contributed by atoms with van der Waals surface area (Å²) in [6, 6.07) is -2.82. The Balaban J connectivity index is 1.70. The Kier molecular flexibility index (Phi) is 11.2. The Morgan fingerprint density at radius 2 is 1.34 bits per heavy atom. The van der Waals surface area contributed by atoms with Crippen molar-refractivity contribution in [3.63, 3.8) is 0 Å². The molecule has 2 aliphatic heterocycles. The van der Waals surface area contributed by atoms with Crippen LogP contribution in [0, 0.1) is 0 Å². The molecular formula is C23H44N4O11. The third-order valence-corrected chi connectivity index (χ3v) is 7.45. The molecule has 0 radical (unpaired) electrons. The molecule has 0 bridgehead atoms. The van der Waals surface area contributed by atoms with Gasteiger partial charge >= 0.3 is 0 Å². The molecule has 13 N–H and O–H groups in total. The molecule has 222 valence electrons. The first kappa shape index (κ1) is 31.5. The van der Waals surface area contributed by atoms with E-state index in [4.69, 9.17) is 36.1 Å². The standard InChI is InChI=1S/C23H44N4O11/c1-3-5-12(28)27-7-11-14(29)13(26)16(31)22(36-11)37-20-8(24)6-9(25)21(19(20)34)38-23-18(33)17(32)15(30)10(4-2)35-23/h8-11,13-23,29-34H,3-7,24-26H2,1-2H3,(H,27,28)/t8-,9+,10?,11?,13+,14-,15-,16?,17?,18?,19?,20+,21?,22-,23-/m1/s1. The minimum absolute atomic E-state index is 0.0835. The van der Waals surface area contributed by atoms with Gasteiger partial charge in [-0.1, -0.05) is 13.8 Å². The predicted molar refractivity (Wildman–Crippen MR) is 130 cm³/mol. The van der Waals surface area contributed by atoms with Gasteiger partial charge in [-0.25, -0.2) is 0 Å². The lowest BCUT2D eigenvalue weighted by Gasteiger charge is -2.48. The molecule has 1 aliphatic carbocycles. The fourth-order valence-electron chi connectivity index (χ4n) is 5.09. The summed E-state index contributed by atoms with van der Waals surface area (Å²) in [6.07, 6.45) is -14.4. The Bertz CT molecular complexity index is 767. The molecule has 3 fully saturated rings. The van der Waals surface area contributed by atoms with E-state index < -0.39 is 91.7 Å².